The fourth-order valence-electron chi connectivity index (χ4n) is 2.97. The van der Waals surface area contributed by atoms with E-state index in [0.717, 1.165) is 29.7 Å². The summed E-state index contributed by atoms with van der Waals surface area (Å²) in [5.74, 6) is 0.561. The molecule has 0 fully saturated rings. The van der Waals surface area contributed by atoms with Crippen LogP contribution in [0.3, 0.4) is 0 Å². The maximum atomic E-state index is 12.6. The highest BCUT2D eigenvalue weighted by Gasteiger charge is 2.25. The topological polar surface area (TPSA) is 78.9 Å². The number of fused-ring (bicyclic) bond motifs is 1. The van der Waals surface area contributed by atoms with Crippen LogP contribution >= 0.6 is 23.1 Å². The Bertz CT molecular complexity index is 820. The summed E-state index contributed by atoms with van der Waals surface area (Å²) in [4.78, 5) is 14.8. The summed E-state index contributed by atoms with van der Waals surface area (Å²) in [5.41, 5.74) is 8.19. The molecule has 6 heteroatoms. The number of nitrogens with one attached hydrogen (secondary N) is 1. The van der Waals surface area contributed by atoms with Crippen molar-refractivity contribution in [2.75, 3.05) is 11.1 Å². The molecule has 0 radical (unpaired) electrons. The lowest BCUT2D eigenvalue weighted by Crippen LogP contribution is -2.22. The van der Waals surface area contributed by atoms with Gasteiger partial charge in [0.1, 0.15) is 11.1 Å². The largest absolute Gasteiger partial charge is 0.399 e. The Hall–Kier alpha value is -1.97. The van der Waals surface area contributed by atoms with Gasteiger partial charge in [-0.05, 0) is 61.9 Å². The van der Waals surface area contributed by atoms with Gasteiger partial charge in [-0.3, -0.25) is 4.79 Å². The van der Waals surface area contributed by atoms with E-state index in [2.05, 4.69) is 18.3 Å². The first kappa shape index (κ1) is 17.8. The molecule has 1 heterocycles. The van der Waals surface area contributed by atoms with Gasteiger partial charge < -0.3 is 11.1 Å². The van der Waals surface area contributed by atoms with Crippen molar-refractivity contribution in [3.63, 3.8) is 0 Å². The lowest BCUT2D eigenvalue weighted by atomic mass is 9.89. The molecule has 3 rings (SSSR count). The summed E-state index contributed by atoms with van der Waals surface area (Å²) >= 11 is 3.05. The smallest absolute Gasteiger partial charge is 0.238 e. The van der Waals surface area contributed by atoms with Crippen LogP contribution in [0.4, 0.5) is 10.7 Å². The zero-order chi connectivity index (χ0) is 18.0. The third-order valence-electron chi connectivity index (χ3n) is 4.42. The number of nitrogens with two attached hydrogens (primary N) is 1. The van der Waals surface area contributed by atoms with Crippen LogP contribution in [0.1, 0.15) is 36.3 Å². The minimum absolute atomic E-state index is 0.0787. The van der Waals surface area contributed by atoms with Gasteiger partial charge in [0.05, 0.1) is 10.8 Å². The summed E-state index contributed by atoms with van der Waals surface area (Å²) in [6.45, 7) is 4.11. The normalized spacial score (nSPS) is 17.4. The first-order chi connectivity index (χ1) is 12.0. The van der Waals surface area contributed by atoms with Gasteiger partial charge in [-0.25, -0.2) is 0 Å². The summed E-state index contributed by atoms with van der Waals surface area (Å²) in [5, 5.41) is 13.0. The number of rotatable bonds is 4. The Morgan fingerprint density at radius 2 is 2.16 bits per heavy atom. The van der Waals surface area contributed by atoms with Gasteiger partial charge in [-0.2, -0.15) is 5.26 Å². The maximum Gasteiger partial charge on any atom is 0.238 e. The number of thioether (sulfide) groups is 1. The van der Waals surface area contributed by atoms with Crippen LogP contribution in [0, 0.1) is 17.2 Å². The van der Waals surface area contributed by atoms with E-state index in [4.69, 9.17) is 5.73 Å². The predicted molar refractivity (Wildman–Crippen MR) is 105 cm³/mol. The summed E-state index contributed by atoms with van der Waals surface area (Å²) in [6.07, 6.45) is 3.04. The van der Waals surface area contributed by atoms with E-state index >= 15 is 0 Å². The molecule has 1 aromatic heterocycles. The molecule has 1 amide bonds. The molecule has 0 saturated carbocycles. The Morgan fingerprint density at radius 3 is 2.84 bits per heavy atom. The number of anilines is 2. The standard InChI is InChI=1S/C19H21N3OS2/c1-11-3-8-15-16(10-20)19(25-17(15)9-11)22-18(23)12(2)24-14-6-4-13(21)5-7-14/h4-7,11-12H,3,8-9,21H2,1-2H3,(H,22,23). The monoisotopic (exact) mass is 371 g/mol. The molecular weight excluding hydrogens is 350 g/mol. The van der Waals surface area contributed by atoms with Gasteiger partial charge in [-0.1, -0.05) is 6.92 Å². The van der Waals surface area contributed by atoms with Crippen LogP contribution in [-0.4, -0.2) is 11.2 Å². The second-order valence-electron chi connectivity index (χ2n) is 6.49. The molecule has 0 saturated heterocycles. The van der Waals surface area contributed by atoms with Crippen molar-refractivity contribution in [1.29, 1.82) is 5.26 Å². The Morgan fingerprint density at radius 1 is 1.44 bits per heavy atom. The van der Waals surface area contributed by atoms with Crippen LogP contribution in [0.5, 0.6) is 0 Å². The number of carbonyl (C=O) groups is 1. The molecule has 3 N–H and O–H groups in total. The van der Waals surface area contributed by atoms with Crippen LogP contribution in [0.25, 0.3) is 0 Å². The lowest BCUT2D eigenvalue weighted by molar-refractivity contribution is -0.115. The van der Waals surface area contributed by atoms with Crippen molar-refractivity contribution in [3.05, 3.63) is 40.3 Å². The maximum absolute atomic E-state index is 12.6. The van der Waals surface area contributed by atoms with Crippen LogP contribution in [0.2, 0.25) is 0 Å². The number of nitrogens with zero attached hydrogens (tertiary/aromatic N) is 1. The van der Waals surface area contributed by atoms with Crippen molar-refractivity contribution in [2.24, 2.45) is 5.92 Å². The number of hydrogen-bond donors (Lipinski definition) is 2. The number of amides is 1. The number of benzene rings is 1. The lowest BCUT2D eigenvalue weighted by Gasteiger charge is -2.17. The Labute approximate surface area is 156 Å². The molecule has 0 spiro atoms. The van der Waals surface area contributed by atoms with Crippen LogP contribution in [0.15, 0.2) is 29.2 Å². The third kappa shape index (κ3) is 4.00. The molecule has 0 bridgehead atoms. The minimum atomic E-state index is -0.256. The van der Waals surface area contributed by atoms with Crippen LogP contribution in [-0.2, 0) is 17.6 Å². The van der Waals surface area contributed by atoms with E-state index in [0.29, 0.717) is 22.2 Å². The van der Waals surface area contributed by atoms with Crippen molar-refractivity contribution in [3.8, 4) is 6.07 Å². The molecule has 2 aromatic rings. The number of nitrogen functional groups attached to an aromatic ring is 1. The zero-order valence-corrected chi connectivity index (χ0v) is 16.0. The van der Waals surface area contributed by atoms with Crippen molar-refractivity contribution in [1.82, 2.24) is 0 Å². The fraction of sp³-hybridized carbons (Fsp3) is 0.368. The average Bonchev–Trinajstić information content (AvgIpc) is 2.92. The molecule has 2 atom stereocenters. The van der Waals surface area contributed by atoms with E-state index < -0.39 is 0 Å². The van der Waals surface area contributed by atoms with E-state index in [1.165, 1.54) is 16.6 Å². The predicted octanol–water partition coefficient (Wildman–Crippen LogP) is 4.45. The highest BCUT2D eigenvalue weighted by Crippen LogP contribution is 2.39. The van der Waals surface area contributed by atoms with E-state index in [-0.39, 0.29) is 11.2 Å². The van der Waals surface area contributed by atoms with E-state index in [9.17, 15) is 10.1 Å². The second kappa shape index (κ2) is 7.51. The third-order valence-corrected chi connectivity index (χ3v) is 6.70. The molecule has 0 aliphatic heterocycles. The van der Waals surface area contributed by atoms with Crippen molar-refractivity contribution < 1.29 is 4.79 Å². The number of carbonyl (C=O) groups excluding carboxylic acids is 1. The van der Waals surface area contributed by atoms with Gasteiger partial charge in [0.25, 0.3) is 0 Å². The SMILES string of the molecule is CC1CCc2c(sc(NC(=O)C(C)Sc3ccc(N)cc3)c2C#N)C1. The van der Waals surface area contributed by atoms with Gasteiger partial charge in [0.2, 0.25) is 5.91 Å². The molecule has 1 aromatic carbocycles. The average molecular weight is 372 g/mol. The number of thiophene rings is 1. The fourth-order valence-corrected chi connectivity index (χ4v) is 5.21. The summed E-state index contributed by atoms with van der Waals surface area (Å²) in [7, 11) is 0. The molecule has 130 valence electrons. The Balaban J connectivity index is 1.72. The molecule has 1 aliphatic rings. The summed E-state index contributed by atoms with van der Waals surface area (Å²) < 4.78 is 0. The van der Waals surface area contributed by atoms with Gasteiger partial charge in [0.15, 0.2) is 0 Å². The Kier molecular flexibility index (Phi) is 5.36. The number of hydrogen-bond acceptors (Lipinski definition) is 5. The highest BCUT2D eigenvalue weighted by molar-refractivity contribution is 8.00. The summed E-state index contributed by atoms with van der Waals surface area (Å²) in [6, 6.07) is 9.78. The quantitative estimate of drug-likeness (QED) is 0.615. The van der Waals surface area contributed by atoms with Crippen molar-refractivity contribution >= 4 is 39.7 Å². The van der Waals surface area contributed by atoms with Gasteiger partial charge >= 0.3 is 0 Å². The van der Waals surface area contributed by atoms with Crippen LogP contribution < -0.4 is 11.1 Å². The van der Waals surface area contributed by atoms with E-state index in [1.807, 2.05) is 31.2 Å². The first-order valence-electron chi connectivity index (χ1n) is 8.35. The minimum Gasteiger partial charge on any atom is -0.399 e. The molecular formula is C19H21N3OS2. The van der Waals surface area contributed by atoms with Gasteiger partial charge in [0, 0.05) is 15.5 Å². The molecule has 4 nitrogen and oxygen atoms in total. The zero-order valence-electron chi connectivity index (χ0n) is 14.3. The molecule has 1 aliphatic carbocycles. The molecule has 2 unspecified atom stereocenters. The van der Waals surface area contributed by atoms with E-state index in [1.54, 1.807) is 11.3 Å². The highest BCUT2D eigenvalue weighted by atomic mass is 32.2. The second-order valence-corrected chi connectivity index (χ2v) is 9.01. The van der Waals surface area contributed by atoms with Gasteiger partial charge in [-0.15, -0.1) is 23.1 Å². The first-order valence-corrected chi connectivity index (χ1v) is 10.0. The molecule has 25 heavy (non-hydrogen) atoms. The number of nitriles is 1. The van der Waals surface area contributed by atoms with Crippen molar-refractivity contribution in [2.45, 2.75) is 43.3 Å².